The molecule has 1 spiro atoms. The van der Waals surface area contributed by atoms with Crippen LogP contribution in [-0.4, -0.2) is 35.5 Å². The summed E-state index contributed by atoms with van der Waals surface area (Å²) >= 11 is 11.8. The van der Waals surface area contributed by atoms with E-state index in [4.69, 9.17) is 27.9 Å². The lowest BCUT2D eigenvalue weighted by atomic mass is 9.98. The Balaban J connectivity index is 1.59. The van der Waals surface area contributed by atoms with E-state index in [0.29, 0.717) is 15.8 Å². The predicted octanol–water partition coefficient (Wildman–Crippen LogP) is 3.24. The number of hydrogen-bond acceptors (Lipinski definition) is 3. The summed E-state index contributed by atoms with van der Waals surface area (Å²) in [4.78, 5) is 25.7. The first kappa shape index (κ1) is 15.4. The van der Waals surface area contributed by atoms with Gasteiger partial charge < -0.3 is 10.1 Å². The number of nitrogens with zero attached hydrogens (tertiary/aromatic N) is 1. The van der Waals surface area contributed by atoms with Gasteiger partial charge in [-0.25, -0.2) is 4.79 Å². The van der Waals surface area contributed by atoms with Crippen LogP contribution in [0.1, 0.15) is 25.7 Å². The number of urea groups is 1. The van der Waals surface area contributed by atoms with Crippen molar-refractivity contribution in [2.45, 2.75) is 31.2 Å². The molecule has 1 aromatic carbocycles. The van der Waals surface area contributed by atoms with Crippen molar-refractivity contribution in [3.8, 4) is 5.75 Å². The highest BCUT2D eigenvalue weighted by atomic mass is 35.5. The molecule has 7 heteroatoms. The first-order valence-electron chi connectivity index (χ1n) is 7.24. The molecule has 0 bridgehead atoms. The van der Waals surface area contributed by atoms with E-state index in [1.165, 1.54) is 4.90 Å². The highest BCUT2D eigenvalue weighted by Crippen LogP contribution is 2.35. The van der Waals surface area contributed by atoms with Gasteiger partial charge in [0.2, 0.25) is 0 Å². The SMILES string of the molecule is O=C1NC2(CCCC2)C(=O)N1CCOc1ccc(Cl)cc1Cl. The van der Waals surface area contributed by atoms with Crippen LogP contribution in [0.4, 0.5) is 4.79 Å². The molecular formula is C15H16Cl2N2O3. The van der Waals surface area contributed by atoms with Crippen LogP contribution in [-0.2, 0) is 4.79 Å². The van der Waals surface area contributed by atoms with Crippen LogP contribution in [0.25, 0.3) is 0 Å². The number of amides is 3. The number of rotatable bonds is 4. The molecule has 2 fully saturated rings. The first-order chi connectivity index (χ1) is 10.5. The topological polar surface area (TPSA) is 58.6 Å². The van der Waals surface area contributed by atoms with Crippen molar-refractivity contribution < 1.29 is 14.3 Å². The summed E-state index contributed by atoms with van der Waals surface area (Å²) in [5, 5.41) is 3.76. The van der Waals surface area contributed by atoms with Crippen molar-refractivity contribution in [1.29, 1.82) is 0 Å². The Morgan fingerprint density at radius 1 is 1.23 bits per heavy atom. The minimum atomic E-state index is -0.672. The number of hydrogen-bond donors (Lipinski definition) is 1. The Hall–Kier alpha value is -1.46. The Labute approximate surface area is 138 Å². The molecule has 5 nitrogen and oxygen atoms in total. The van der Waals surface area contributed by atoms with Crippen LogP contribution in [0.15, 0.2) is 18.2 Å². The minimum absolute atomic E-state index is 0.138. The molecule has 1 aromatic rings. The van der Waals surface area contributed by atoms with E-state index in [-0.39, 0.29) is 25.1 Å². The van der Waals surface area contributed by atoms with Gasteiger partial charge in [0.15, 0.2) is 0 Å². The van der Waals surface area contributed by atoms with Crippen molar-refractivity contribution in [1.82, 2.24) is 10.2 Å². The second kappa shape index (κ2) is 5.97. The summed E-state index contributed by atoms with van der Waals surface area (Å²) in [5.74, 6) is 0.342. The van der Waals surface area contributed by atoms with Gasteiger partial charge in [0.1, 0.15) is 17.9 Å². The van der Waals surface area contributed by atoms with Crippen molar-refractivity contribution in [2.75, 3.05) is 13.2 Å². The molecule has 118 valence electrons. The third kappa shape index (κ3) is 2.75. The quantitative estimate of drug-likeness (QED) is 0.854. The smallest absolute Gasteiger partial charge is 0.325 e. The van der Waals surface area contributed by atoms with E-state index in [1.54, 1.807) is 18.2 Å². The molecule has 3 amide bonds. The fourth-order valence-electron chi connectivity index (χ4n) is 3.04. The second-order valence-electron chi connectivity index (χ2n) is 5.60. The van der Waals surface area contributed by atoms with Crippen LogP contribution in [0.2, 0.25) is 10.0 Å². The van der Waals surface area contributed by atoms with Gasteiger partial charge in [0.05, 0.1) is 11.6 Å². The lowest BCUT2D eigenvalue weighted by Gasteiger charge is -2.20. The molecule has 1 aliphatic heterocycles. The number of halogens is 2. The summed E-state index contributed by atoms with van der Waals surface area (Å²) in [6.07, 6.45) is 3.38. The Kier molecular flexibility index (Phi) is 4.19. The van der Waals surface area contributed by atoms with E-state index in [2.05, 4.69) is 5.32 Å². The molecule has 1 saturated heterocycles. The minimum Gasteiger partial charge on any atom is -0.490 e. The Bertz CT molecular complexity index is 615. The molecule has 0 unspecified atom stereocenters. The van der Waals surface area contributed by atoms with Gasteiger partial charge in [0.25, 0.3) is 5.91 Å². The van der Waals surface area contributed by atoms with Crippen molar-refractivity contribution >= 4 is 35.1 Å². The van der Waals surface area contributed by atoms with Crippen LogP contribution >= 0.6 is 23.2 Å². The number of carbonyl (C=O) groups is 2. The summed E-state index contributed by atoms with van der Waals surface area (Å²) < 4.78 is 5.54. The summed E-state index contributed by atoms with van der Waals surface area (Å²) in [7, 11) is 0. The fourth-order valence-corrected chi connectivity index (χ4v) is 3.50. The maximum atomic E-state index is 12.4. The zero-order valence-corrected chi connectivity index (χ0v) is 13.4. The highest BCUT2D eigenvalue weighted by molar-refractivity contribution is 6.35. The van der Waals surface area contributed by atoms with Gasteiger partial charge in [-0.1, -0.05) is 36.0 Å². The summed E-state index contributed by atoms with van der Waals surface area (Å²) in [6, 6.07) is 4.58. The molecule has 1 heterocycles. The molecule has 2 aliphatic rings. The lowest BCUT2D eigenvalue weighted by Crippen LogP contribution is -2.44. The van der Waals surface area contributed by atoms with E-state index < -0.39 is 5.54 Å². The molecule has 0 radical (unpaired) electrons. The predicted molar refractivity (Wildman–Crippen MR) is 83.4 cm³/mol. The maximum absolute atomic E-state index is 12.4. The molecule has 1 aliphatic carbocycles. The van der Waals surface area contributed by atoms with Gasteiger partial charge >= 0.3 is 6.03 Å². The van der Waals surface area contributed by atoms with Crippen LogP contribution in [0.3, 0.4) is 0 Å². The second-order valence-corrected chi connectivity index (χ2v) is 6.44. The Morgan fingerprint density at radius 2 is 1.95 bits per heavy atom. The summed E-state index contributed by atoms with van der Waals surface area (Å²) in [5.41, 5.74) is -0.672. The van der Waals surface area contributed by atoms with E-state index >= 15 is 0 Å². The normalized spacial score (nSPS) is 19.8. The van der Waals surface area contributed by atoms with Crippen LogP contribution in [0, 0.1) is 0 Å². The number of nitrogens with one attached hydrogen (secondary N) is 1. The Morgan fingerprint density at radius 3 is 2.64 bits per heavy atom. The zero-order valence-electron chi connectivity index (χ0n) is 11.9. The average Bonchev–Trinajstić information content (AvgIpc) is 3.02. The maximum Gasteiger partial charge on any atom is 0.325 e. The van der Waals surface area contributed by atoms with Crippen LogP contribution < -0.4 is 10.1 Å². The lowest BCUT2D eigenvalue weighted by molar-refractivity contribution is -0.131. The highest BCUT2D eigenvalue weighted by Gasteiger charge is 2.52. The first-order valence-corrected chi connectivity index (χ1v) is 7.99. The van der Waals surface area contributed by atoms with Crippen molar-refractivity contribution in [3.05, 3.63) is 28.2 Å². The van der Waals surface area contributed by atoms with Gasteiger partial charge in [-0.2, -0.15) is 0 Å². The van der Waals surface area contributed by atoms with E-state index in [1.807, 2.05) is 0 Å². The number of carbonyl (C=O) groups excluding carboxylic acids is 2. The van der Waals surface area contributed by atoms with Crippen LogP contribution in [0.5, 0.6) is 5.75 Å². The fraction of sp³-hybridized carbons (Fsp3) is 0.467. The molecule has 22 heavy (non-hydrogen) atoms. The third-order valence-corrected chi connectivity index (χ3v) is 4.70. The average molecular weight is 343 g/mol. The summed E-state index contributed by atoms with van der Waals surface area (Å²) in [6.45, 7) is 0.391. The van der Waals surface area contributed by atoms with Gasteiger partial charge in [-0.05, 0) is 31.0 Å². The standard InChI is InChI=1S/C15H16Cl2N2O3/c16-10-3-4-12(11(17)9-10)22-8-7-19-13(20)15(18-14(19)21)5-1-2-6-15/h3-4,9H,1-2,5-8H2,(H,18,21). The monoisotopic (exact) mass is 342 g/mol. The molecule has 1 N–H and O–H groups in total. The van der Waals surface area contributed by atoms with E-state index in [9.17, 15) is 9.59 Å². The number of ether oxygens (including phenoxy) is 1. The molecular weight excluding hydrogens is 327 g/mol. The van der Waals surface area contributed by atoms with Crippen molar-refractivity contribution in [3.63, 3.8) is 0 Å². The molecule has 0 atom stereocenters. The van der Waals surface area contributed by atoms with Gasteiger partial charge in [-0.15, -0.1) is 0 Å². The largest absolute Gasteiger partial charge is 0.490 e. The van der Waals surface area contributed by atoms with Gasteiger partial charge in [0, 0.05) is 5.02 Å². The van der Waals surface area contributed by atoms with E-state index in [0.717, 1.165) is 25.7 Å². The molecule has 1 saturated carbocycles. The van der Waals surface area contributed by atoms with Crippen molar-refractivity contribution in [2.24, 2.45) is 0 Å². The number of benzene rings is 1. The molecule has 3 rings (SSSR count). The zero-order chi connectivity index (χ0) is 15.7. The number of imide groups is 1. The van der Waals surface area contributed by atoms with Gasteiger partial charge in [-0.3, -0.25) is 9.69 Å². The third-order valence-electron chi connectivity index (χ3n) is 4.17. The molecule has 0 aromatic heterocycles.